The van der Waals surface area contributed by atoms with Crippen LogP contribution in [0.2, 0.25) is 0 Å². The van der Waals surface area contributed by atoms with Gasteiger partial charge in [-0.15, -0.1) is 22.7 Å². The standard InChI is InChI=1S/C28H34N6O5S2/c1-17(2)24-28-32-20(15-41-28)25(37)29-10-7-11-34(23(36)14-39-3)13-22(35)30-19(12-18-8-5-4-6-9-18)27-31-21(16-40-27)26(38)33-24/h4-6,8-9,15-17,19,24H,7,10-14H2,1-3H3,(H,29,37)(H,30,35)(H,33,38)/t19-,24-/m0/s1. The van der Waals surface area contributed by atoms with Crippen LogP contribution >= 0.6 is 22.7 Å². The van der Waals surface area contributed by atoms with Crippen molar-refractivity contribution in [3.63, 3.8) is 0 Å². The second-order valence-corrected chi connectivity index (χ2v) is 11.8. The number of hydrogen-bond donors (Lipinski definition) is 3. The number of carbonyl (C=O) groups excluding carboxylic acids is 4. The Hall–Kier alpha value is -3.68. The normalized spacial score (nSPS) is 19.0. The molecular formula is C28H34N6O5S2. The van der Waals surface area contributed by atoms with Crippen molar-refractivity contribution < 1.29 is 23.9 Å². The van der Waals surface area contributed by atoms with Crippen LogP contribution in [0.1, 0.15) is 68.9 Å². The zero-order valence-corrected chi connectivity index (χ0v) is 24.8. The summed E-state index contributed by atoms with van der Waals surface area (Å²) in [5, 5.41) is 13.4. The van der Waals surface area contributed by atoms with Gasteiger partial charge >= 0.3 is 0 Å². The van der Waals surface area contributed by atoms with Gasteiger partial charge in [0.2, 0.25) is 11.8 Å². The van der Waals surface area contributed by atoms with Crippen molar-refractivity contribution in [2.45, 2.75) is 38.8 Å². The van der Waals surface area contributed by atoms with E-state index in [1.807, 2.05) is 44.2 Å². The van der Waals surface area contributed by atoms with Crippen LogP contribution in [0.5, 0.6) is 0 Å². The highest BCUT2D eigenvalue weighted by atomic mass is 32.1. The van der Waals surface area contributed by atoms with Gasteiger partial charge in [0, 0.05) is 31.0 Å². The van der Waals surface area contributed by atoms with Crippen LogP contribution in [0.15, 0.2) is 41.1 Å². The summed E-state index contributed by atoms with van der Waals surface area (Å²) in [7, 11) is 1.42. The van der Waals surface area contributed by atoms with Gasteiger partial charge in [0.15, 0.2) is 0 Å². The van der Waals surface area contributed by atoms with Crippen molar-refractivity contribution >= 4 is 46.3 Å². The summed E-state index contributed by atoms with van der Waals surface area (Å²) in [5.74, 6) is -1.41. The van der Waals surface area contributed by atoms with E-state index >= 15 is 0 Å². The fraction of sp³-hybridized carbons (Fsp3) is 0.429. The van der Waals surface area contributed by atoms with Crippen LogP contribution in [0.3, 0.4) is 0 Å². The van der Waals surface area contributed by atoms with Gasteiger partial charge in [0.1, 0.15) is 28.0 Å². The van der Waals surface area contributed by atoms with Crippen LogP contribution in [-0.2, 0) is 20.7 Å². The van der Waals surface area contributed by atoms with Gasteiger partial charge in [-0.3, -0.25) is 19.2 Å². The molecule has 2 atom stereocenters. The summed E-state index contributed by atoms with van der Waals surface area (Å²) in [6.07, 6.45) is 0.884. The van der Waals surface area contributed by atoms with E-state index in [2.05, 4.69) is 25.9 Å². The number of aromatic nitrogens is 2. The summed E-state index contributed by atoms with van der Waals surface area (Å²) in [4.78, 5) is 62.5. The van der Waals surface area contributed by atoms with E-state index in [4.69, 9.17) is 4.74 Å². The highest BCUT2D eigenvalue weighted by Crippen LogP contribution is 2.27. The average molecular weight is 599 g/mol. The van der Waals surface area contributed by atoms with Gasteiger partial charge in [-0.05, 0) is 24.3 Å². The van der Waals surface area contributed by atoms with Gasteiger partial charge in [-0.1, -0.05) is 44.2 Å². The van der Waals surface area contributed by atoms with Gasteiger partial charge in [0.25, 0.3) is 11.8 Å². The third-order valence-electron chi connectivity index (χ3n) is 6.49. The van der Waals surface area contributed by atoms with Crippen LogP contribution in [0.4, 0.5) is 0 Å². The monoisotopic (exact) mass is 598 g/mol. The quantitative estimate of drug-likeness (QED) is 0.410. The van der Waals surface area contributed by atoms with Crippen molar-refractivity contribution in [3.8, 4) is 0 Å². The lowest BCUT2D eigenvalue weighted by Crippen LogP contribution is -2.44. The minimum absolute atomic E-state index is 0.00830. The van der Waals surface area contributed by atoms with Gasteiger partial charge in [0.05, 0.1) is 18.6 Å². The summed E-state index contributed by atoms with van der Waals surface area (Å²) in [5.41, 5.74) is 1.47. The molecule has 0 aliphatic carbocycles. The van der Waals surface area contributed by atoms with E-state index < -0.39 is 12.1 Å². The fourth-order valence-electron chi connectivity index (χ4n) is 4.35. The minimum Gasteiger partial charge on any atom is -0.375 e. The second-order valence-electron chi connectivity index (χ2n) is 10.0. The fourth-order valence-corrected chi connectivity index (χ4v) is 6.22. The van der Waals surface area contributed by atoms with Crippen molar-refractivity contribution in [1.82, 2.24) is 30.8 Å². The molecule has 0 radical (unpaired) electrons. The van der Waals surface area contributed by atoms with E-state index in [9.17, 15) is 19.2 Å². The van der Waals surface area contributed by atoms with E-state index in [-0.39, 0.29) is 67.2 Å². The molecule has 4 amide bonds. The zero-order chi connectivity index (χ0) is 29.4. The number of amides is 4. The Bertz CT molecular complexity index is 1360. The molecule has 2 aromatic heterocycles. The number of thiazole rings is 2. The summed E-state index contributed by atoms with van der Waals surface area (Å²) in [6.45, 7) is 4.11. The van der Waals surface area contributed by atoms with E-state index in [0.29, 0.717) is 22.9 Å². The first-order valence-corrected chi connectivity index (χ1v) is 15.1. The molecule has 13 heteroatoms. The summed E-state index contributed by atoms with van der Waals surface area (Å²) in [6, 6.07) is 8.74. The number of ether oxygens (including phenoxy) is 1. The van der Waals surface area contributed by atoms with Crippen molar-refractivity contribution in [3.05, 3.63) is 68.1 Å². The van der Waals surface area contributed by atoms with Gasteiger partial charge < -0.3 is 25.6 Å². The molecule has 3 N–H and O–H groups in total. The van der Waals surface area contributed by atoms with E-state index in [1.54, 1.807) is 10.8 Å². The molecule has 4 bridgehead atoms. The van der Waals surface area contributed by atoms with Crippen LogP contribution in [-0.4, -0.2) is 71.8 Å². The first-order chi connectivity index (χ1) is 19.7. The number of carbonyl (C=O) groups is 4. The Morgan fingerprint density at radius 2 is 1.71 bits per heavy atom. The number of nitrogens with one attached hydrogen (secondary N) is 3. The lowest BCUT2D eigenvalue weighted by Gasteiger charge is -2.24. The first kappa shape index (κ1) is 30.3. The molecule has 1 aliphatic rings. The Morgan fingerprint density at radius 3 is 2.41 bits per heavy atom. The van der Waals surface area contributed by atoms with E-state index in [0.717, 1.165) is 5.56 Å². The third kappa shape index (κ3) is 8.18. The number of methoxy groups -OCH3 is 1. The molecule has 1 aromatic carbocycles. The molecule has 3 aromatic rings. The molecule has 11 nitrogen and oxygen atoms in total. The Labute approximate surface area is 246 Å². The molecule has 3 heterocycles. The summed E-state index contributed by atoms with van der Waals surface area (Å²) >= 11 is 2.60. The molecule has 1 aliphatic heterocycles. The molecule has 0 unspecified atom stereocenters. The maximum Gasteiger partial charge on any atom is 0.271 e. The minimum atomic E-state index is -0.514. The SMILES string of the molecule is COCC(=O)N1CCCNC(=O)c2csc(n2)[C@H](C(C)C)NC(=O)c2csc(n2)[C@H](Cc2ccccc2)NC(=O)C1. The van der Waals surface area contributed by atoms with Gasteiger partial charge in [-0.2, -0.15) is 0 Å². The molecule has 0 saturated carbocycles. The topological polar surface area (TPSA) is 143 Å². The summed E-state index contributed by atoms with van der Waals surface area (Å²) < 4.78 is 5.01. The molecule has 0 fully saturated rings. The molecule has 41 heavy (non-hydrogen) atoms. The molecule has 0 saturated heterocycles. The number of hydrogen-bond acceptors (Lipinski definition) is 9. The lowest BCUT2D eigenvalue weighted by molar-refractivity contribution is -0.139. The zero-order valence-electron chi connectivity index (χ0n) is 23.2. The predicted molar refractivity (Wildman–Crippen MR) is 156 cm³/mol. The van der Waals surface area contributed by atoms with E-state index in [1.165, 1.54) is 34.7 Å². The van der Waals surface area contributed by atoms with Crippen molar-refractivity contribution in [2.24, 2.45) is 5.92 Å². The maximum atomic E-state index is 13.3. The number of benzene rings is 1. The second kappa shape index (κ2) is 14.3. The van der Waals surface area contributed by atoms with Crippen molar-refractivity contribution in [1.29, 1.82) is 0 Å². The highest BCUT2D eigenvalue weighted by molar-refractivity contribution is 7.10. The van der Waals surface area contributed by atoms with Gasteiger partial charge in [-0.25, -0.2) is 9.97 Å². The van der Waals surface area contributed by atoms with Crippen LogP contribution in [0.25, 0.3) is 0 Å². The Balaban J connectivity index is 1.66. The number of rotatable bonds is 5. The first-order valence-electron chi connectivity index (χ1n) is 13.3. The number of fused-ring (bicyclic) bond motifs is 4. The smallest absolute Gasteiger partial charge is 0.271 e. The number of nitrogens with zero attached hydrogens (tertiary/aromatic N) is 3. The third-order valence-corrected chi connectivity index (χ3v) is 8.38. The van der Waals surface area contributed by atoms with Crippen LogP contribution < -0.4 is 16.0 Å². The highest BCUT2D eigenvalue weighted by Gasteiger charge is 2.27. The Kier molecular flexibility index (Phi) is 10.6. The molecule has 4 rings (SSSR count). The molecule has 0 spiro atoms. The maximum absolute atomic E-state index is 13.3. The molecule has 218 valence electrons. The average Bonchev–Trinajstić information content (AvgIpc) is 3.64. The Morgan fingerprint density at radius 1 is 1.02 bits per heavy atom. The van der Waals surface area contributed by atoms with Crippen molar-refractivity contribution in [2.75, 3.05) is 33.4 Å². The largest absolute Gasteiger partial charge is 0.375 e. The predicted octanol–water partition coefficient (Wildman–Crippen LogP) is 2.74. The lowest BCUT2D eigenvalue weighted by atomic mass is 10.0. The molecular weight excluding hydrogens is 564 g/mol. The van der Waals surface area contributed by atoms with Crippen LogP contribution in [0, 0.1) is 5.92 Å².